The lowest BCUT2D eigenvalue weighted by Gasteiger charge is -2.14. The van der Waals surface area contributed by atoms with Crippen molar-refractivity contribution in [3.8, 4) is 0 Å². The van der Waals surface area contributed by atoms with Crippen LogP contribution in [0.1, 0.15) is 29.8 Å². The van der Waals surface area contributed by atoms with Gasteiger partial charge in [-0.25, -0.2) is 18.4 Å². The molecule has 1 atom stereocenters. The van der Waals surface area contributed by atoms with Crippen LogP contribution in [0.4, 0.5) is 11.6 Å². The van der Waals surface area contributed by atoms with Crippen LogP contribution >= 0.6 is 11.8 Å². The molecule has 0 spiro atoms. The molecule has 3 N–H and O–H groups in total. The predicted octanol–water partition coefficient (Wildman–Crippen LogP) is 3.57. The number of aliphatic hydroxyl groups is 1. The number of rotatable bonds is 10. The number of ketones is 1. The highest BCUT2D eigenvalue weighted by Crippen LogP contribution is 2.25. The maximum Gasteiger partial charge on any atom is 0.263 e. The highest BCUT2D eigenvalue weighted by Gasteiger charge is 2.17. The van der Waals surface area contributed by atoms with Gasteiger partial charge in [0.25, 0.3) is 10.0 Å². The van der Waals surface area contributed by atoms with E-state index in [4.69, 9.17) is 0 Å². The molecule has 1 aromatic heterocycles. The van der Waals surface area contributed by atoms with E-state index in [9.17, 15) is 18.3 Å². The molecule has 0 saturated heterocycles. The lowest BCUT2D eigenvalue weighted by atomic mass is 10.2. The number of aromatic nitrogens is 2. The minimum absolute atomic E-state index is 0.0119. The van der Waals surface area contributed by atoms with Gasteiger partial charge in [0, 0.05) is 23.4 Å². The SMILES string of the molecule is CC(=O)c1ccc(S(=O)(=O)Nc2cc(N[C@H](C)CO)nc(SCc3ccccc3)n2)cc1. The lowest BCUT2D eigenvalue weighted by molar-refractivity contribution is 0.101. The Bertz CT molecular complexity index is 1170. The summed E-state index contributed by atoms with van der Waals surface area (Å²) < 4.78 is 28.2. The van der Waals surface area contributed by atoms with E-state index in [-0.39, 0.29) is 29.1 Å². The van der Waals surface area contributed by atoms with Crippen molar-refractivity contribution < 1.29 is 18.3 Å². The molecule has 1 heterocycles. The van der Waals surface area contributed by atoms with Crippen LogP contribution in [0.15, 0.2) is 70.7 Å². The van der Waals surface area contributed by atoms with E-state index in [0.717, 1.165) is 5.56 Å². The Hall–Kier alpha value is -2.95. The minimum atomic E-state index is -3.93. The molecule has 0 unspecified atom stereocenters. The molecule has 3 rings (SSSR count). The van der Waals surface area contributed by atoms with Crippen LogP contribution in [0, 0.1) is 0 Å². The lowest BCUT2D eigenvalue weighted by Crippen LogP contribution is -2.21. The van der Waals surface area contributed by atoms with Gasteiger partial charge >= 0.3 is 0 Å². The zero-order valence-electron chi connectivity index (χ0n) is 17.6. The average molecular weight is 473 g/mol. The van der Waals surface area contributed by atoms with E-state index in [1.807, 2.05) is 30.3 Å². The molecule has 10 heteroatoms. The topological polar surface area (TPSA) is 121 Å². The van der Waals surface area contributed by atoms with Crippen LogP contribution < -0.4 is 10.0 Å². The van der Waals surface area contributed by atoms with Gasteiger partial charge in [-0.2, -0.15) is 0 Å². The van der Waals surface area contributed by atoms with Crippen molar-refractivity contribution in [2.45, 2.75) is 35.7 Å². The molecule has 0 bridgehead atoms. The summed E-state index contributed by atoms with van der Waals surface area (Å²) in [4.78, 5) is 20.2. The molecule has 8 nitrogen and oxygen atoms in total. The number of hydrogen-bond donors (Lipinski definition) is 3. The van der Waals surface area contributed by atoms with E-state index in [1.165, 1.54) is 49.0 Å². The molecule has 0 fully saturated rings. The van der Waals surface area contributed by atoms with Gasteiger partial charge in [-0.15, -0.1) is 0 Å². The first-order chi connectivity index (χ1) is 15.3. The molecule has 0 radical (unpaired) electrons. The van der Waals surface area contributed by atoms with E-state index in [2.05, 4.69) is 20.0 Å². The number of thioether (sulfide) groups is 1. The number of carbonyl (C=O) groups excluding carboxylic acids is 1. The molecule has 0 amide bonds. The van der Waals surface area contributed by atoms with Crippen LogP contribution in [0.3, 0.4) is 0 Å². The Morgan fingerprint density at radius 2 is 1.72 bits per heavy atom. The maximum atomic E-state index is 12.8. The minimum Gasteiger partial charge on any atom is -0.394 e. The molecule has 168 valence electrons. The van der Waals surface area contributed by atoms with Crippen LogP contribution in [0.25, 0.3) is 0 Å². The molecule has 0 aliphatic heterocycles. The second kappa shape index (κ2) is 10.6. The van der Waals surface area contributed by atoms with Gasteiger partial charge in [0.2, 0.25) is 0 Å². The molecule has 2 aromatic carbocycles. The van der Waals surface area contributed by atoms with Gasteiger partial charge < -0.3 is 10.4 Å². The summed E-state index contributed by atoms with van der Waals surface area (Å²) in [5.41, 5.74) is 1.51. The Kier molecular flexibility index (Phi) is 7.84. The van der Waals surface area contributed by atoms with Crippen LogP contribution in [-0.2, 0) is 15.8 Å². The van der Waals surface area contributed by atoms with Crippen molar-refractivity contribution in [2.75, 3.05) is 16.6 Å². The van der Waals surface area contributed by atoms with Crippen molar-refractivity contribution in [2.24, 2.45) is 0 Å². The number of benzene rings is 2. The Labute approximate surface area is 191 Å². The number of Topliss-reactive ketones (excluding diaryl/α,β-unsaturated/α-hetero) is 1. The summed E-state index contributed by atoms with van der Waals surface area (Å²) in [6.45, 7) is 3.08. The predicted molar refractivity (Wildman–Crippen MR) is 125 cm³/mol. The largest absolute Gasteiger partial charge is 0.394 e. The summed E-state index contributed by atoms with van der Waals surface area (Å²) >= 11 is 1.37. The number of anilines is 2. The zero-order valence-corrected chi connectivity index (χ0v) is 19.3. The number of carbonyl (C=O) groups is 1. The third-order valence-electron chi connectivity index (χ3n) is 4.39. The van der Waals surface area contributed by atoms with Crippen molar-refractivity contribution in [3.05, 3.63) is 71.8 Å². The quantitative estimate of drug-likeness (QED) is 0.233. The van der Waals surface area contributed by atoms with Gasteiger partial charge in [0.05, 0.1) is 11.5 Å². The molecule has 0 aliphatic carbocycles. The number of hydrogen-bond acceptors (Lipinski definition) is 8. The highest BCUT2D eigenvalue weighted by molar-refractivity contribution is 7.98. The second-order valence-corrected chi connectivity index (χ2v) is 9.73. The Balaban J connectivity index is 1.85. The summed E-state index contributed by atoms with van der Waals surface area (Å²) in [6.07, 6.45) is 0. The van der Waals surface area contributed by atoms with Crippen molar-refractivity contribution >= 4 is 39.2 Å². The summed E-state index contributed by atoms with van der Waals surface area (Å²) in [7, 11) is -3.93. The average Bonchev–Trinajstić information content (AvgIpc) is 2.78. The third kappa shape index (κ3) is 6.52. The highest BCUT2D eigenvalue weighted by atomic mass is 32.2. The molecule has 3 aromatic rings. The van der Waals surface area contributed by atoms with E-state index < -0.39 is 10.0 Å². The first kappa shape index (κ1) is 23.7. The van der Waals surface area contributed by atoms with Gasteiger partial charge in [0.15, 0.2) is 10.9 Å². The fourth-order valence-corrected chi connectivity index (χ4v) is 4.51. The van der Waals surface area contributed by atoms with E-state index in [0.29, 0.717) is 22.3 Å². The van der Waals surface area contributed by atoms with Crippen molar-refractivity contribution in [1.29, 1.82) is 0 Å². The van der Waals surface area contributed by atoms with Crippen molar-refractivity contribution in [3.63, 3.8) is 0 Å². The third-order valence-corrected chi connectivity index (χ3v) is 6.68. The zero-order chi connectivity index (χ0) is 23.1. The molecular formula is C22H24N4O4S2. The van der Waals surface area contributed by atoms with Crippen LogP contribution in [-0.4, -0.2) is 41.9 Å². The fraction of sp³-hybridized carbons (Fsp3) is 0.227. The van der Waals surface area contributed by atoms with Gasteiger partial charge in [-0.3, -0.25) is 9.52 Å². The van der Waals surface area contributed by atoms with Gasteiger partial charge in [0.1, 0.15) is 11.6 Å². The smallest absolute Gasteiger partial charge is 0.263 e. The monoisotopic (exact) mass is 472 g/mol. The van der Waals surface area contributed by atoms with E-state index >= 15 is 0 Å². The Morgan fingerprint density at radius 1 is 1.06 bits per heavy atom. The molecular weight excluding hydrogens is 448 g/mol. The van der Waals surface area contributed by atoms with Crippen LogP contribution in [0.5, 0.6) is 0 Å². The first-order valence-corrected chi connectivity index (χ1v) is 12.3. The number of sulfonamides is 1. The summed E-state index contributed by atoms with van der Waals surface area (Å²) in [5, 5.41) is 12.7. The normalized spacial score (nSPS) is 12.2. The molecule has 32 heavy (non-hydrogen) atoms. The molecule has 0 aliphatic rings. The number of nitrogens with zero attached hydrogens (tertiary/aromatic N) is 2. The standard InChI is InChI=1S/C22H24N4O4S2/c1-15(13-27)23-20-12-21(25-22(24-20)31-14-17-6-4-3-5-7-17)26-32(29,30)19-10-8-18(9-11-19)16(2)28/h3-12,15,27H,13-14H2,1-2H3,(H2,23,24,25,26)/t15-/m1/s1. The second-order valence-electron chi connectivity index (χ2n) is 7.11. The van der Waals surface area contributed by atoms with Crippen molar-refractivity contribution in [1.82, 2.24) is 9.97 Å². The van der Waals surface area contributed by atoms with Gasteiger partial charge in [-0.05, 0) is 31.5 Å². The van der Waals surface area contributed by atoms with Gasteiger partial charge in [-0.1, -0.05) is 54.2 Å². The Morgan fingerprint density at radius 3 is 2.34 bits per heavy atom. The molecule has 0 saturated carbocycles. The fourth-order valence-electron chi connectivity index (χ4n) is 2.70. The number of nitrogens with one attached hydrogen (secondary N) is 2. The maximum absolute atomic E-state index is 12.8. The van der Waals surface area contributed by atoms with Crippen LogP contribution in [0.2, 0.25) is 0 Å². The summed E-state index contributed by atoms with van der Waals surface area (Å²) in [5.74, 6) is 0.950. The first-order valence-electron chi connectivity index (χ1n) is 9.84. The van der Waals surface area contributed by atoms with E-state index in [1.54, 1.807) is 6.92 Å². The number of aliphatic hydroxyl groups excluding tert-OH is 1. The summed E-state index contributed by atoms with van der Waals surface area (Å²) in [6, 6.07) is 16.7.